The molecule has 1 atom stereocenters. The number of carbonyl (C=O) groups is 1. The minimum absolute atomic E-state index is 0. The van der Waals surface area contributed by atoms with Crippen molar-refractivity contribution in [2.24, 2.45) is 0 Å². The first-order chi connectivity index (χ1) is 12.7. The minimum atomic E-state index is -0.500. The summed E-state index contributed by atoms with van der Waals surface area (Å²) in [4.78, 5) is 11.0. The third-order valence-corrected chi connectivity index (χ3v) is 3.91. The molecule has 1 N–H and O–H groups in total. The van der Waals surface area contributed by atoms with E-state index in [9.17, 15) is 9.90 Å². The van der Waals surface area contributed by atoms with Gasteiger partial charge in [0, 0.05) is 6.42 Å². The molecule has 4 nitrogen and oxygen atoms in total. The SMILES string of the molecule is CCCCC/C=C\CC(O)/C=C/c1ccc(C=CCCCC(=O)OC)o1.[H-].[Na+]. The van der Waals surface area contributed by atoms with Crippen LogP contribution in [0, 0.1) is 0 Å². The van der Waals surface area contributed by atoms with Crippen LogP contribution < -0.4 is 29.6 Å². The number of ether oxygens (including phenoxy) is 1. The third kappa shape index (κ3) is 13.7. The van der Waals surface area contributed by atoms with Crippen molar-refractivity contribution in [2.75, 3.05) is 7.11 Å². The van der Waals surface area contributed by atoms with Gasteiger partial charge in [-0.15, -0.1) is 0 Å². The van der Waals surface area contributed by atoms with Crippen molar-refractivity contribution in [3.63, 3.8) is 0 Å². The molecule has 1 aromatic heterocycles. The molecular weight excluding hydrogens is 351 g/mol. The Morgan fingerprint density at radius 2 is 1.85 bits per heavy atom. The van der Waals surface area contributed by atoms with Gasteiger partial charge in [0.25, 0.3) is 0 Å². The summed E-state index contributed by atoms with van der Waals surface area (Å²) in [5, 5.41) is 9.95. The predicted molar refractivity (Wildman–Crippen MR) is 108 cm³/mol. The van der Waals surface area contributed by atoms with Crippen LogP contribution in [0.5, 0.6) is 0 Å². The molecule has 0 aliphatic heterocycles. The summed E-state index contributed by atoms with van der Waals surface area (Å²) in [7, 11) is 1.40. The fourth-order valence-electron chi connectivity index (χ4n) is 2.36. The average Bonchev–Trinajstić information content (AvgIpc) is 3.10. The number of allylic oxidation sites excluding steroid dienone is 2. The van der Waals surface area contributed by atoms with Crippen LogP contribution >= 0.6 is 0 Å². The van der Waals surface area contributed by atoms with Gasteiger partial charge in [0.05, 0.1) is 13.2 Å². The number of aliphatic hydroxyl groups excluding tert-OH is 1. The van der Waals surface area contributed by atoms with Crippen molar-refractivity contribution in [1.29, 1.82) is 0 Å². The number of furan rings is 1. The van der Waals surface area contributed by atoms with E-state index in [-0.39, 0.29) is 37.0 Å². The molecule has 0 aliphatic rings. The van der Waals surface area contributed by atoms with Crippen LogP contribution in [-0.4, -0.2) is 24.3 Å². The number of rotatable bonds is 13. The number of aliphatic hydroxyl groups is 1. The Bertz CT molecular complexity index is 593. The number of hydrogen-bond acceptors (Lipinski definition) is 4. The topological polar surface area (TPSA) is 59.7 Å². The normalized spacial score (nSPS) is 12.7. The van der Waals surface area contributed by atoms with Gasteiger partial charge in [0.2, 0.25) is 0 Å². The van der Waals surface area contributed by atoms with Crippen LogP contribution in [0.2, 0.25) is 0 Å². The first kappa shape index (κ1) is 25.9. The number of unbranched alkanes of at least 4 members (excludes halogenated alkanes) is 4. The monoisotopic (exact) mass is 384 g/mol. The van der Waals surface area contributed by atoms with Gasteiger partial charge in [0.15, 0.2) is 0 Å². The van der Waals surface area contributed by atoms with Crippen LogP contribution in [0.3, 0.4) is 0 Å². The zero-order valence-electron chi connectivity index (χ0n) is 18.0. The van der Waals surface area contributed by atoms with Crippen LogP contribution in [0.4, 0.5) is 0 Å². The van der Waals surface area contributed by atoms with Crippen LogP contribution in [0.15, 0.2) is 40.9 Å². The Morgan fingerprint density at radius 3 is 2.56 bits per heavy atom. The summed E-state index contributed by atoms with van der Waals surface area (Å²) in [5.41, 5.74) is 0. The zero-order chi connectivity index (χ0) is 19.0. The molecule has 0 aromatic carbocycles. The van der Waals surface area contributed by atoms with Crippen LogP contribution in [0.25, 0.3) is 12.2 Å². The van der Waals surface area contributed by atoms with Gasteiger partial charge in [-0.25, -0.2) is 0 Å². The van der Waals surface area contributed by atoms with E-state index in [1.54, 1.807) is 12.2 Å². The summed E-state index contributed by atoms with van der Waals surface area (Å²) in [5.74, 6) is 1.29. The maximum absolute atomic E-state index is 11.0. The fourth-order valence-corrected chi connectivity index (χ4v) is 2.36. The van der Waals surface area contributed by atoms with Crippen molar-refractivity contribution in [3.05, 3.63) is 48.0 Å². The van der Waals surface area contributed by atoms with Gasteiger partial charge in [-0.1, -0.05) is 44.1 Å². The van der Waals surface area contributed by atoms with Gasteiger partial charge in [-0.3, -0.25) is 4.79 Å². The Morgan fingerprint density at radius 1 is 1.15 bits per heavy atom. The van der Waals surface area contributed by atoms with Crippen molar-refractivity contribution < 1.29 is 50.0 Å². The zero-order valence-corrected chi connectivity index (χ0v) is 19.0. The van der Waals surface area contributed by atoms with Crippen LogP contribution in [0.1, 0.15) is 71.2 Å². The standard InChI is InChI=1S/C22H32O4.Na.H/c1-3-4-5-6-7-9-12-19(23)15-16-21-18-17-20(26-21)13-10-8-11-14-22(24)25-2;;/h7,9-10,13,15-19,23H,3-6,8,11-12,14H2,1-2H3;;/q;+1;-1/b9-7-,13-10?,16-15+;;. The molecule has 0 radical (unpaired) electrons. The molecule has 1 rings (SSSR count). The molecular formula is C22H33NaO4. The molecule has 0 saturated carbocycles. The van der Waals surface area contributed by atoms with E-state index in [0.29, 0.717) is 18.6 Å². The molecule has 5 heteroatoms. The fraction of sp³-hybridized carbons (Fsp3) is 0.500. The number of hydrogen-bond donors (Lipinski definition) is 1. The molecule has 0 aliphatic carbocycles. The second-order valence-electron chi connectivity index (χ2n) is 6.24. The first-order valence-corrected chi connectivity index (χ1v) is 9.50. The van der Waals surface area contributed by atoms with E-state index in [0.717, 1.165) is 25.0 Å². The maximum Gasteiger partial charge on any atom is 1.00 e. The average molecular weight is 384 g/mol. The third-order valence-electron chi connectivity index (χ3n) is 3.91. The Hall–Kier alpha value is -1.07. The summed E-state index contributed by atoms with van der Waals surface area (Å²) in [6, 6.07) is 3.76. The molecule has 0 amide bonds. The predicted octanol–water partition coefficient (Wildman–Crippen LogP) is 2.65. The van der Waals surface area contributed by atoms with Gasteiger partial charge in [-0.2, -0.15) is 0 Å². The quantitative estimate of drug-likeness (QED) is 0.246. The van der Waals surface area contributed by atoms with Crippen molar-refractivity contribution in [3.8, 4) is 0 Å². The summed E-state index contributed by atoms with van der Waals surface area (Å²) < 4.78 is 10.3. The van der Waals surface area contributed by atoms with E-state index in [1.807, 2.05) is 30.4 Å². The van der Waals surface area contributed by atoms with Crippen LogP contribution in [-0.2, 0) is 9.53 Å². The number of methoxy groups -OCH3 is 1. The number of esters is 1. The molecule has 1 heterocycles. The molecule has 27 heavy (non-hydrogen) atoms. The molecule has 1 unspecified atom stereocenters. The van der Waals surface area contributed by atoms with Gasteiger partial charge >= 0.3 is 35.5 Å². The largest absolute Gasteiger partial charge is 1.00 e. The van der Waals surface area contributed by atoms with Crippen molar-refractivity contribution in [2.45, 2.75) is 64.4 Å². The molecule has 0 spiro atoms. The summed E-state index contributed by atoms with van der Waals surface area (Å²) in [6.45, 7) is 2.19. The van der Waals surface area contributed by atoms with Gasteiger partial charge < -0.3 is 15.7 Å². The van der Waals surface area contributed by atoms with Crippen molar-refractivity contribution >= 4 is 18.1 Å². The second kappa shape index (κ2) is 17.1. The molecule has 0 bridgehead atoms. The van der Waals surface area contributed by atoms with Crippen molar-refractivity contribution in [1.82, 2.24) is 0 Å². The molecule has 1 aromatic rings. The van der Waals surface area contributed by atoms with E-state index in [1.165, 1.54) is 26.4 Å². The smallest absolute Gasteiger partial charge is 1.00 e. The van der Waals surface area contributed by atoms with E-state index >= 15 is 0 Å². The van der Waals surface area contributed by atoms with E-state index < -0.39 is 6.10 Å². The maximum atomic E-state index is 11.0. The Kier molecular flexibility index (Phi) is 16.4. The first-order valence-electron chi connectivity index (χ1n) is 9.50. The molecule has 146 valence electrons. The molecule has 0 saturated heterocycles. The second-order valence-corrected chi connectivity index (χ2v) is 6.24. The summed E-state index contributed by atoms with van der Waals surface area (Å²) in [6.07, 6.45) is 18.5. The van der Waals surface area contributed by atoms with Gasteiger partial charge in [-0.05, 0) is 56.4 Å². The summed E-state index contributed by atoms with van der Waals surface area (Å²) >= 11 is 0. The minimum Gasteiger partial charge on any atom is -1.00 e. The molecule has 0 fully saturated rings. The Labute approximate surface area is 187 Å². The van der Waals surface area contributed by atoms with E-state index in [4.69, 9.17) is 4.42 Å². The Balaban J connectivity index is 0. The number of carbonyl (C=O) groups excluding carboxylic acids is 1. The van der Waals surface area contributed by atoms with E-state index in [2.05, 4.69) is 17.7 Å². The van der Waals surface area contributed by atoms with Gasteiger partial charge in [0.1, 0.15) is 11.5 Å².